The van der Waals surface area contributed by atoms with E-state index >= 15 is 0 Å². The van der Waals surface area contributed by atoms with Gasteiger partial charge in [0.15, 0.2) is 0 Å². The van der Waals surface area contributed by atoms with Gasteiger partial charge in [0, 0.05) is 0 Å². The van der Waals surface area contributed by atoms with Crippen LogP contribution in [0.4, 0.5) is 0 Å². The van der Waals surface area contributed by atoms with Gasteiger partial charge in [-0.05, 0) is 0 Å². The van der Waals surface area contributed by atoms with Gasteiger partial charge in [-0.25, -0.2) is 0 Å². The summed E-state index contributed by atoms with van der Waals surface area (Å²) in [6, 6.07) is 0. The zero-order valence-corrected chi connectivity index (χ0v) is 16.4. The van der Waals surface area contributed by atoms with Crippen LogP contribution < -0.4 is 0 Å². The maximum absolute atomic E-state index is 1.64. The van der Waals surface area contributed by atoms with Crippen molar-refractivity contribution in [1.29, 1.82) is 0 Å². The first-order chi connectivity index (χ1) is 9.45. The molecule has 0 spiro atoms. The third-order valence-corrected chi connectivity index (χ3v) is 12.9. The molecule has 3 saturated carbocycles. The van der Waals surface area contributed by atoms with Crippen LogP contribution in [0, 0.1) is 0 Å². The van der Waals surface area contributed by atoms with Gasteiger partial charge < -0.3 is 0 Å². The van der Waals surface area contributed by atoms with E-state index in [0.29, 0.717) is 0 Å². The smallest absolute Gasteiger partial charge is 0.153 e. The number of hydrogen-bond donors (Lipinski definition) is 0. The molecule has 2 heteroatoms. The maximum atomic E-state index is 1.64. The average Bonchev–Trinajstić information content (AvgIpc) is 2.51. The molecular weight excluding hydrogens is 350 g/mol. The Bertz CT molecular complexity index is 207. The molecule has 20 heavy (non-hydrogen) atoms. The molecule has 0 aromatic heterocycles. The van der Waals surface area contributed by atoms with Crippen molar-refractivity contribution in [3.63, 3.8) is 0 Å². The summed E-state index contributed by atoms with van der Waals surface area (Å²) in [6.45, 7) is 0. The second kappa shape index (κ2) is 9.25. The summed E-state index contributed by atoms with van der Waals surface area (Å²) in [7, 11) is 0. The maximum Gasteiger partial charge on any atom is -0.153 e. The minimum Gasteiger partial charge on any atom is -0.153 e. The predicted octanol–water partition coefficient (Wildman–Crippen LogP) is 6.92. The summed E-state index contributed by atoms with van der Waals surface area (Å²) in [5.41, 5.74) is 0. The second-order valence-corrected chi connectivity index (χ2v) is 12.6. The van der Waals surface area contributed by atoms with Crippen molar-refractivity contribution in [3.8, 4) is 0 Å². The zero-order chi connectivity index (χ0) is 12.9. The molecule has 122 valence electrons. The van der Waals surface area contributed by atoms with E-state index in [4.69, 9.17) is 0 Å². The van der Waals surface area contributed by atoms with Crippen LogP contribution in [0.3, 0.4) is 0 Å². The van der Waals surface area contributed by atoms with Crippen LogP contribution in [0.5, 0.6) is 0 Å². The van der Waals surface area contributed by atoms with E-state index in [1.54, 1.807) is 96.3 Å². The summed E-state index contributed by atoms with van der Waals surface area (Å²) < 4.78 is 3.76. The van der Waals surface area contributed by atoms with Gasteiger partial charge in [-0.15, -0.1) is 0 Å². The SMILES string of the molecule is C1CC[CH]([Rh]([CH]2CCCCC2)[CH]2CCCCC2)CC1.P. The normalized spacial score (nSPS) is 27.9. The molecular formula is C18H36PRh. The first kappa shape index (κ1) is 17.4. The topological polar surface area (TPSA) is 0 Å². The summed E-state index contributed by atoms with van der Waals surface area (Å²) in [5.74, 6) is 0. The first-order valence-electron chi connectivity index (χ1n) is 9.03. The molecule has 0 aromatic carbocycles. The second-order valence-electron chi connectivity index (χ2n) is 6.93. The molecule has 1 unspecified atom stereocenters. The van der Waals surface area contributed by atoms with Crippen LogP contribution in [0.25, 0.3) is 0 Å². The van der Waals surface area contributed by atoms with Gasteiger partial charge >= 0.3 is 126 Å². The largest absolute Gasteiger partial charge is 0.153 e. The fourth-order valence-corrected chi connectivity index (χ4v) is 13.0. The summed E-state index contributed by atoms with van der Waals surface area (Å²) in [5, 5.41) is 0. The molecule has 3 fully saturated rings. The van der Waals surface area contributed by atoms with Crippen molar-refractivity contribution in [2.24, 2.45) is 0 Å². The molecule has 0 saturated heterocycles. The van der Waals surface area contributed by atoms with Crippen molar-refractivity contribution >= 4 is 9.90 Å². The Labute approximate surface area is 135 Å². The molecule has 3 aliphatic carbocycles. The molecule has 0 aliphatic heterocycles. The monoisotopic (exact) mass is 386 g/mol. The fraction of sp³-hybridized carbons (Fsp3) is 1.00. The van der Waals surface area contributed by atoms with Crippen molar-refractivity contribution in [1.82, 2.24) is 0 Å². The number of rotatable bonds is 3. The molecule has 0 aromatic rings. The Hall–Kier alpha value is 1.05. The Kier molecular flexibility index (Phi) is 8.05. The van der Waals surface area contributed by atoms with Gasteiger partial charge in [0.05, 0.1) is 0 Å². The Morgan fingerprint density at radius 2 is 0.650 bits per heavy atom. The zero-order valence-electron chi connectivity index (χ0n) is 13.4. The van der Waals surface area contributed by atoms with Gasteiger partial charge in [0.2, 0.25) is 0 Å². The standard InChI is InChI=1S/3C6H11.H3P.Rh/c3*1-2-4-6-5-3-1;;/h3*1H,2-6H2;1H3;. The molecule has 3 aliphatic rings. The third-order valence-electron chi connectivity index (χ3n) is 5.47. The van der Waals surface area contributed by atoms with Crippen LogP contribution >= 0.6 is 9.90 Å². The van der Waals surface area contributed by atoms with E-state index in [2.05, 4.69) is 0 Å². The van der Waals surface area contributed by atoms with Crippen LogP contribution in [0.15, 0.2) is 0 Å². The summed E-state index contributed by atoms with van der Waals surface area (Å²) >= 11 is -0.374. The van der Waals surface area contributed by atoms with Crippen LogP contribution in [-0.2, 0) is 16.0 Å². The number of hydrogen-bond acceptors (Lipinski definition) is 0. The Morgan fingerprint density at radius 3 is 0.900 bits per heavy atom. The van der Waals surface area contributed by atoms with Gasteiger partial charge in [-0.1, -0.05) is 0 Å². The molecule has 0 radical (unpaired) electrons. The molecule has 0 N–H and O–H groups in total. The van der Waals surface area contributed by atoms with E-state index in [-0.39, 0.29) is 25.8 Å². The van der Waals surface area contributed by atoms with E-state index < -0.39 is 0 Å². The molecule has 1 atom stereocenters. The predicted molar refractivity (Wildman–Crippen MR) is 91.6 cm³/mol. The van der Waals surface area contributed by atoms with Crippen LogP contribution in [0.1, 0.15) is 96.3 Å². The quantitative estimate of drug-likeness (QED) is 0.365. The van der Waals surface area contributed by atoms with Gasteiger partial charge in [-0.3, -0.25) is 0 Å². The molecule has 0 nitrogen and oxygen atoms in total. The van der Waals surface area contributed by atoms with Gasteiger partial charge in [-0.2, -0.15) is 9.90 Å². The molecule has 0 heterocycles. The van der Waals surface area contributed by atoms with Crippen molar-refractivity contribution in [3.05, 3.63) is 0 Å². The fourth-order valence-electron chi connectivity index (χ4n) is 4.44. The minimum atomic E-state index is -0.374. The van der Waals surface area contributed by atoms with Crippen LogP contribution in [-0.4, -0.2) is 0 Å². The molecule has 0 amide bonds. The minimum absolute atomic E-state index is 0. The van der Waals surface area contributed by atoms with Crippen molar-refractivity contribution in [2.45, 2.75) is 110 Å². The van der Waals surface area contributed by atoms with E-state index in [1.165, 1.54) is 13.5 Å². The van der Waals surface area contributed by atoms with Gasteiger partial charge in [0.1, 0.15) is 0 Å². The first-order valence-corrected chi connectivity index (χ1v) is 11.9. The van der Waals surface area contributed by atoms with E-state index in [9.17, 15) is 0 Å². The Morgan fingerprint density at radius 1 is 0.400 bits per heavy atom. The van der Waals surface area contributed by atoms with Crippen molar-refractivity contribution in [2.75, 3.05) is 0 Å². The van der Waals surface area contributed by atoms with Crippen molar-refractivity contribution < 1.29 is 16.0 Å². The van der Waals surface area contributed by atoms with E-state index in [1.807, 2.05) is 0 Å². The molecule has 3 rings (SSSR count). The van der Waals surface area contributed by atoms with E-state index in [0.717, 1.165) is 0 Å². The summed E-state index contributed by atoms with van der Waals surface area (Å²) in [6.07, 6.45) is 23.9. The summed E-state index contributed by atoms with van der Waals surface area (Å²) in [4.78, 5) is 0. The average molecular weight is 386 g/mol. The van der Waals surface area contributed by atoms with Gasteiger partial charge in [0.25, 0.3) is 0 Å². The van der Waals surface area contributed by atoms with Crippen LogP contribution in [0.2, 0.25) is 13.5 Å². The molecule has 0 bridgehead atoms. The third kappa shape index (κ3) is 4.52. The Balaban J connectivity index is 0.00000147.